The van der Waals surface area contributed by atoms with Crippen LogP contribution in [0.4, 0.5) is 0 Å². The van der Waals surface area contributed by atoms with E-state index in [-0.39, 0.29) is 19.6 Å². The lowest BCUT2D eigenvalue weighted by atomic mass is 10.8. The Kier molecular flexibility index (Phi) is 6.74. The van der Waals surface area contributed by atoms with Crippen molar-refractivity contribution in [2.24, 2.45) is 0 Å². The zero-order valence-corrected chi connectivity index (χ0v) is 9.16. The van der Waals surface area contributed by atoms with Crippen molar-refractivity contribution >= 4 is 13.6 Å². The highest BCUT2D eigenvalue weighted by Gasteiger charge is 2.23. The Morgan fingerprint density at radius 1 is 1.29 bits per heavy atom. The molecular formula is C7H15O6P. The lowest BCUT2D eigenvalue weighted by Gasteiger charge is -2.15. The number of carbonyl (C=O) groups is 1. The van der Waals surface area contributed by atoms with Gasteiger partial charge in [-0.1, -0.05) is 0 Å². The van der Waals surface area contributed by atoms with E-state index in [4.69, 9.17) is 14.2 Å². The molecule has 1 N–H and O–H groups in total. The fourth-order valence-electron chi connectivity index (χ4n) is 0.750. The average molecular weight is 226 g/mol. The maximum absolute atomic E-state index is 11.6. The van der Waals surface area contributed by atoms with E-state index in [0.29, 0.717) is 0 Å². The molecule has 84 valence electrons. The van der Waals surface area contributed by atoms with Crippen LogP contribution in [-0.2, 0) is 23.1 Å². The smallest absolute Gasteiger partial charge is 0.356 e. The summed E-state index contributed by atoms with van der Waals surface area (Å²) in [6, 6.07) is 0. The highest BCUT2D eigenvalue weighted by atomic mass is 31.2. The van der Waals surface area contributed by atoms with Crippen molar-refractivity contribution < 1.29 is 28.3 Å². The van der Waals surface area contributed by atoms with Gasteiger partial charge in [0.1, 0.15) is 13.0 Å². The van der Waals surface area contributed by atoms with E-state index in [1.54, 1.807) is 13.8 Å². The Balaban J connectivity index is 3.96. The number of aliphatic carboxylic acids is 1. The maximum Gasteiger partial charge on any atom is 0.356 e. The van der Waals surface area contributed by atoms with Crippen LogP contribution in [0.1, 0.15) is 13.8 Å². The quantitative estimate of drug-likeness (QED) is 0.628. The summed E-state index contributed by atoms with van der Waals surface area (Å²) >= 11 is 0. The first-order valence-electron chi connectivity index (χ1n) is 4.21. The van der Waals surface area contributed by atoms with E-state index in [1.165, 1.54) is 0 Å². The lowest BCUT2D eigenvalue weighted by molar-refractivity contribution is -0.141. The Hall–Kier alpha value is -0.420. The van der Waals surface area contributed by atoms with Gasteiger partial charge in [-0.15, -0.1) is 0 Å². The van der Waals surface area contributed by atoms with Crippen LogP contribution >= 0.6 is 7.60 Å². The van der Waals surface area contributed by atoms with E-state index < -0.39 is 20.2 Å². The summed E-state index contributed by atoms with van der Waals surface area (Å²) in [7, 11) is -3.26. The fraction of sp³-hybridized carbons (Fsp3) is 0.857. The molecule has 0 unspecified atom stereocenters. The Morgan fingerprint density at radius 2 is 1.79 bits per heavy atom. The Morgan fingerprint density at radius 3 is 2.14 bits per heavy atom. The summed E-state index contributed by atoms with van der Waals surface area (Å²) in [6.07, 6.45) is -0.332. The van der Waals surface area contributed by atoms with Crippen LogP contribution in [-0.4, -0.2) is 37.2 Å². The van der Waals surface area contributed by atoms with E-state index in [2.05, 4.69) is 4.74 Å². The van der Waals surface area contributed by atoms with Gasteiger partial charge in [0.25, 0.3) is 0 Å². The number of carboxylic acids is 1. The van der Waals surface area contributed by atoms with Crippen molar-refractivity contribution in [2.45, 2.75) is 13.8 Å². The second-order valence-electron chi connectivity index (χ2n) is 2.32. The predicted octanol–water partition coefficient (Wildman–Crippen LogP) is 1.31. The molecule has 0 rings (SSSR count). The summed E-state index contributed by atoms with van der Waals surface area (Å²) in [4.78, 5) is 10.1. The monoisotopic (exact) mass is 226 g/mol. The molecule has 6 nitrogen and oxygen atoms in total. The topological polar surface area (TPSA) is 82.1 Å². The van der Waals surface area contributed by atoms with Gasteiger partial charge < -0.3 is 18.9 Å². The molecule has 0 amide bonds. The largest absolute Gasteiger partial charge is 0.480 e. The van der Waals surface area contributed by atoms with Crippen LogP contribution in [0.2, 0.25) is 0 Å². The van der Waals surface area contributed by atoms with Crippen molar-refractivity contribution in [3.05, 3.63) is 0 Å². The maximum atomic E-state index is 11.6. The molecule has 14 heavy (non-hydrogen) atoms. The molecule has 0 heterocycles. The van der Waals surface area contributed by atoms with E-state index >= 15 is 0 Å². The summed E-state index contributed by atoms with van der Waals surface area (Å²) in [6.45, 7) is 3.29. The molecular weight excluding hydrogens is 211 g/mol. The Labute approximate surface area is 82.7 Å². The summed E-state index contributed by atoms with van der Waals surface area (Å²) < 4.78 is 26.0. The van der Waals surface area contributed by atoms with E-state index in [9.17, 15) is 9.36 Å². The van der Waals surface area contributed by atoms with Gasteiger partial charge in [-0.3, -0.25) is 4.57 Å². The highest BCUT2D eigenvalue weighted by Crippen LogP contribution is 2.47. The van der Waals surface area contributed by atoms with E-state index in [1.807, 2.05) is 0 Å². The van der Waals surface area contributed by atoms with Gasteiger partial charge in [-0.05, 0) is 13.8 Å². The van der Waals surface area contributed by atoms with E-state index in [0.717, 1.165) is 0 Å². The molecule has 0 aliphatic carbocycles. The number of rotatable bonds is 8. The van der Waals surface area contributed by atoms with Crippen molar-refractivity contribution in [1.29, 1.82) is 0 Å². The van der Waals surface area contributed by atoms with Crippen LogP contribution < -0.4 is 0 Å². The number of hydrogen-bond acceptors (Lipinski definition) is 5. The third-order valence-corrected chi connectivity index (χ3v) is 2.93. The molecule has 0 aliphatic rings. The molecule has 0 spiro atoms. The molecule has 0 aromatic rings. The van der Waals surface area contributed by atoms with Crippen molar-refractivity contribution in [1.82, 2.24) is 0 Å². The summed E-state index contributed by atoms with van der Waals surface area (Å²) in [5.41, 5.74) is 0. The van der Waals surface area contributed by atoms with Crippen molar-refractivity contribution in [3.63, 3.8) is 0 Å². The third kappa shape index (κ3) is 6.10. The molecule has 0 saturated heterocycles. The van der Waals surface area contributed by atoms with Crippen molar-refractivity contribution in [2.75, 3.05) is 26.2 Å². The standard InChI is InChI=1S/C7H15O6P/c1-3-12-14(10,13-4-2)6-11-5-7(8)9/h3-6H2,1-2H3,(H,8,9). The van der Waals surface area contributed by atoms with Crippen LogP contribution in [0.3, 0.4) is 0 Å². The van der Waals surface area contributed by atoms with Gasteiger partial charge >= 0.3 is 13.6 Å². The second-order valence-corrected chi connectivity index (χ2v) is 4.31. The third-order valence-electron chi connectivity index (χ3n) is 1.13. The molecule has 0 aromatic carbocycles. The average Bonchev–Trinajstić information content (AvgIpc) is 2.03. The van der Waals surface area contributed by atoms with Gasteiger partial charge in [0.2, 0.25) is 0 Å². The molecule has 0 aromatic heterocycles. The minimum Gasteiger partial charge on any atom is -0.480 e. The minimum atomic E-state index is -3.26. The fourth-order valence-corrected chi connectivity index (χ4v) is 2.08. The van der Waals surface area contributed by atoms with Crippen LogP contribution in [0.15, 0.2) is 0 Å². The molecule has 0 fully saturated rings. The molecule has 0 saturated carbocycles. The van der Waals surface area contributed by atoms with Crippen LogP contribution in [0.25, 0.3) is 0 Å². The number of carboxylic acid groups (broad SMARTS) is 1. The number of hydrogen-bond donors (Lipinski definition) is 1. The summed E-state index contributed by atoms with van der Waals surface area (Å²) in [5, 5.41) is 8.27. The van der Waals surface area contributed by atoms with Crippen LogP contribution in [0.5, 0.6) is 0 Å². The highest BCUT2D eigenvalue weighted by molar-refractivity contribution is 7.53. The van der Waals surface area contributed by atoms with Gasteiger partial charge in [-0.2, -0.15) is 0 Å². The first-order chi connectivity index (χ1) is 6.54. The molecule has 0 radical (unpaired) electrons. The second kappa shape index (κ2) is 6.95. The lowest BCUT2D eigenvalue weighted by Crippen LogP contribution is -2.10. The van der Waals surface area contributed by atoms with Crippen LogP contribution in [0, 0.1) is 0 Å². The zero-order valence-electron chi connectivity index (χ0n) is 8.26. The zero-order chi connectivity index (χ0) is 11.0. The predicted molar refractivity (Wildman–Crippen MR) is 49.3 cm³/mol. The van der Waals surface area contributed by atoms with Crippen molar-refractivity contribution in [3.8, 4) is 0 Å². The minimum absolute atomic E-state index is 0.230. The molecule has 0 atom stereocenters. The molecule has 0 bridgehead atoms. The van der Waals surface area contributed by atoms with Gasteiger partial charge in [0, 0.05) is 0 Å². The molecule has 7 heteroatoms. The first kappa shape index (κ1) is 13.6. The SMILES string of the molecule is CCOP(=O)(COCC(=O)O)OCC. The number of ether oxygens (including phenoxy) is 1. The van der Waals surface area contributed by atoms with Gasteiger partial charge in [-0.25, -0.2) is 4.79 Å². The van der Waals surface area contributed by atoms with Gasteiger partial charge in [0.15, 0.2) is 0 Å². The van der Waals surface area contributed by atoms with Gasteiger partial charge in [0.05, 0.1) is 13.2 Å². The first-order valence-corrected chi connectivity index (χ1v) is 5.94. The summed E-state index contributed by atoms with van der Waals surface area (Å²) in [5.74, 6) is -1.12. The normalized spacial score (nSPS) is 11.6. The molecule has 0 aliphatic heterocycles. The Bertz CT molecular complexity index is 206.